The topological polar surface area (TPSA) is 60.9 Å². The fourth-order valence-corrected chi connectivity index (χ4v) is 3.26. The molecule has 0 unspecified atom stereocenters. The lowest BCUT2D eigenvalue weighted by Gasteiger charge is -2.19. The monoisotopic (exact) mass is 379 g/mol. The highest BCUT2D eigenvalue weighted by molar-refractivity contribution is 6.01. The molecule has 28 heavy (non-hydrogen) atoms. The summed E-state index contributed by atoms with van der Waals surface area (Å²) in [6.45, 7) is 0.928. The number of carbonyl (C=O) groups excluding carboxylic acids is 3. The molecule has 146 valence electrons. The number of benzene rings is 2. The molecule has 0 bridgehead atoms. The summed E-state index contributed by atoms with van der Waals surface area (Å²) >= 11 is 0. The Morgan fingerprint density at radius 1 is 1.00 bits per heavy atom. The Bertz CT molecular complexity index is 849. The molecule has 1 fully saturated rings. The fourth-order valence-electron chi connectivity index (χ4n) is 3.26. The van der Waals surface area contributed by atoms with Gasteiger partial charge in [-0.15, -0.1) is 0 Å². The highest BCUT2D eigenvalue weighted by Gasteiger charge is 2.32. The maximum Gasteiger partial charge on any atom is 0.326 e. The average molecular weight is 379 g/mol. The molecule has 0 aromatic heterocycles. The van der Waals surface area contributed by atoms with Crippen LogP contribution in [0.15, 0.2) is 54.6 Å². The highest BCUT2D eigenvalue weighted by Crippen LogP contribution is 2.20. The zero-order valence-electron chi connectivity index (χ0n) is 16.3. The summed E-state index contributed by atoms with van der Waals surface area (Å²) in [4.78, 5) is 40.2. The molecule has 6 nitrogen and oxygen atoms in total. The van der Waals surface area contributed by atoms with Crippen LogP contribution >= 0.6 is 0 Å². The number of likely N-dealkylation sites (N-methyl/N-ethyl adjacent to an activating group) is 1. The van der Waals surface area contributed by atoms with Gasteiger partial charge in [0.15, 0.2) is 0 Å². The van der Waals surface area contributed by atoms with E-state index in [1.165, 1.54) is 9.80 Å². The lowest BCUT2D eigenvalue weighted by atomic mass is 10.0. The first-order chi connectivity index (χ1) is 13.5. The molecule has 0 N–H and O–H groups in total. The lowest BCUT2D eigenvalue weighted by molar-refractivity contribution is -0.131. The second-order valence-electron chi connectivity index (χ2n) is 7.10. The molecule has 2 aromatic rings. The van der Waals surface area contributed by atoms with E-state index in [1.54, 1.807) is 19.0 Å². The van der Waals surface area contributed by atoms with Gasteiger partial charge in [-0.3, -0.25) is 14.5 Å². The van der Waals surface area contributed by atoms with Gasteiger partial charge < -0.3 is 9.80 Å². The van der Waals surface area contributed by atoms with E-state index in [1.807, 2.05) is 30.3 Å². The fraction of sp³-hybridized carbons (Fsp3) is 0.318. The molecule has 4 amide bonds. The molecular formula is C22H25N3O3. The van der Waals surface area contributed by atoms with Gasteiger partial charge in [-0.25, -0.2) is 4.79 Å². The van der Waals surface area contributed by atoms with Crippen LogP contribution in [-0.2, 0) is 16.1 Å². The Balaban J connectivity index is 1.48. The molecular weight excluding hydrogens is 354 g/mol. The molecule has 6 heteroatoms. The smallest absolute Gasteiger partial charge is 0.326 e. The quantitative estimate of drug-likeness (QED) is 0.695. The van der Waals surface area contributed by atoms with Crippen molar-refractivity contribution in [2.24, 2.45) is 0 Å². The van der Waals surface area contributed by atoms with Crippen LogP contribution < -0.4 is 0 Å². The SMILES string of the molecule is CN(Cc1ccc(-c2ccccc2)cc1)C(=O)CCCN1C(=O)CN(C)C1=O. The van der Waals surface area contributed by atoms with Crippen LogP contribution in [-0.4, -0.2) is 59.7 Å². The number of imide groups is 1. The molecule has 0 aliphatic carbocycles. The van der Waals surface area contributed by atoms with Crippen molar-refractivity contribution in [3.05, 3.63) is 60.2 Å². The van der Waals surface area contributed by atoms with Crippen molar-refractivity contribution in [2.75, 3.05) is 27.2 Å². The average Bonchev–Trinajstić information content (AvgIpc) is 2.95. The number of hydrogen-bond donors (Lipinski definition) is 0. The van der Waals surface area contributed by atoms with Gasteiger partial charge in [0, 0.05) is 33.6 Å². The van der Waals surface area contributed by atoms with E-state index < -0.39 is 0 Å². The Hall–Kier alpha value is -3.15. The van der Waals surface area contributed by atoms with Gasteiger partial charge >= 0.3 is 6.03 Å². The predicted molar refractivity (Wildman–Crippen MR) is 107 cm³/mol. The number of amides is 4. The molecule has 2 aromatic carbocycles. The minimum atomic E-state index is -0.288. The first-order valence-corrected chi connectivity index (χ1v) is 9.39. The minimum absolute atomic E-state index is 0.000384. The van der Waals surface area contributed by atoms with Crippen molar-refractivity contribution < 1.29 is 14.4 Å². The maximum absolute atomic E-state index is 12.4. The Labute approximate surface area is 165 Å². The van der Waals surface area contributed by atoms with E-state index in [0.29, 0.717) is 19.4 Å². The first-order valence-electron chi connectivity index (χ1n) is 9.39. The third-order valence-electron chi connectivity index (χ3n) is 4.91. The van der Waals surface area contributed by atoms with E-state index in [9.17, 15) is 14.4 Å². The minimum Gasteiger partial charge on any atom is -0.341 e. The predicted octanol–water partition coefficient (Wildman–Crippen LogP) is 2.99. The zero-order chi connectivity index (χ0) is 20.1. The van der Waals surface area contributed by atoms with Crippen molar-refractivity contribution in [3.8, 4) is 11.1 Å². The molecule has 0 spiro atoms. The third kappa shape index (κ3) is 4.57. The largest absolute Gasteiger partial charge is 0.341 e. The molecule has 1 aliphatic rings. The molecule has 1 aliphatic heterocycles. The molecule has 0 saturated carbocycles. The maximum atomic E-state index is 12.4. The van der Waals surface area contributed by atoms with Crippen molar-refractivity contribution in [2.45, 2.75) is 19.4 Å². The van der Waals surface area contributed by atoms with Crippen LogP contribution in [0.3, 0.4) is 0 Å². The van der Waals surface area contributed by atoms with Crippen LogP contribution in [0.1, 0.15) is 18.4 Å². The standard InChI is InChI=1S/C22H25N3O3/c1-23(20(26)9-6-14-25-21(27)16-24(2)22(25)28)15-17-10-12-19(13-11-17)18-7-4-3-5-8-18/h3-5,7-8,10-13H,6,9,14-16H2,1-2H3. The van der Waals surface area contributed by atoms with Gasteiger partial charge in [0.05, 0.1) is 0 Å². The normalized spacial score (nSPS) is 13.9. The van der Waals surface area contributed by atoms with Gasteiger partial charge in [0.25, 0.3) is 0 Å². The van der Waals surface area contributed by atoms with E-state index in [2.05, 4.69) is 24.3 Å². The number of nitrogens with zero attached hydrogens (tertiary/aromatic N) is 3. The summed E-state index contributed by atoms with van der Waals surface area (Å²) < 4.78 is 0. The second-order valence-corrected chi connectivity index (χ2v) is 7.10. The van der Waals surface area contributed by atoms with Crippen LogP contribution in [0.25, 0.3) is 11.1 Å². The molecule has 0 radical (unpaired) electrons. The third-order valence-corrected chi connectivity index (χ3v) is 4.91. The Morgan fingerprint density at radius 2 is 1.64 bits per heavy atom. The first kappa shape index (κ1) is 19.6. The van der Waals surface area contributed by atoms with Gasteiger partial charge in [-0.05, 0) is 23.1 Å². The summed E-state index contributed by atoms with van der Waals surface area (Å²) in [6, 6.07) is 18.0. The van der Waals surface area contributed by atoms with Gasteiger partial charge in [0.2, 0.25) is 11.8 Å². The van der Waals surface area contributed by atoms with Gasteiger partial charge in [-0.1, -0.05) is 54.6 Å². The van der Waals surface area contributed by atoms with Crippen LogP contribution in [0.2, 0.25) is 0 Å². The number of carbonyl (C=O) groups is 3. The number of rotatable bonds is 7. The second kappa shape index (κ2) is 8.69. The summed E-state index contributed by atoms with van der Waals surface area (Å²) in [5.41, 5.74) is 3.36. The highest BCUT2D eigenvalue weighted by atomic mass is 16.2. The molecule has 3 rings (SSSR count). The van der Waals surface area contributed by atoms with Crippen molar-refractivity contribution in [1.29, 1.82) is 0 Å². The summed E-state index contributed by atoms with van der Waals surface area (Å²) in [6.07, 6.45) is 0.779. The summed E-state index contributed by atoms with van der Waals surface area (Å²) in [7, 11) is 3.37. The van der Waals surface area contributed by atoms with E-state index in [-0.39, 0.29) is 30.9 Å². The molecule has 1 saturated heterocycles. The van der Waals surface area contributed by atoms with E-state index in [4.69, 9.17) is 0 Å². The Kier molecular flexibility index (Phi) is 6.09. The van der Waals surface area contributed by atoms with E-state index in [0.717, 1.165) is 16.7 Å². The van der Waals surface area contributed by atoms with Crippen molar-refractivity contribution >= 4 is 17.8 Å². The van der Waals surface area contributed by atoms with Gasteiger partial charge in [0.1, 0.15) is 6.54 Å². The van der Waals surface area contributed by atoms with Crippen molar-refractivity contribution in [3.63, 3.8) is 0 Å². The van der Waals surface area contributed by atoms with Crippen LogP contribution in [0, 0.1) is 0 Å². The van der Waals surface area contributed by atoms with Crippen LogP contribution in [0.4, 0.5) is 4.79 Å². The lowest BCUT2D eigenvalue weighted by Crippen LogP contribution is -2.33. The summed E-state index contributed by atoms with van der Waals surface area (Å²) in [5, 5.41) is 0. The van der Waals surface area contributed by atoms with Crippen LogP contribution in [0.5, 0.6) is 0 Å². The molecule has 1 heterocycles. The number of urea groups is 1. The van der Waals surface area contributed by atoms with Gasteiger partial charge in [-0.2, -0.15) is 0 Å². The number of hydrogen-bond acceptors (Lipinski definition) is 3. The Morgan fingerprint density at radius 3 is 2.25 bits per heavy atom. The van der Waals surface area contributed by atoms with E-state index >= 15 is 0 Å². The zero-order valence-corrected chi connectivity index (χ0v) is 16.3. The summed E-state index contributed by atoms with van der Waals surface area (Å²) in [5.74, 6) is -0.202. The van der Waals surface area contributed by atoms with Crippen molar-refractivity contribution in [1.82, 2.24) is 14.7 Å². The molecule has 0 atom stereocenters.